The summed E-state index contributed by atoms with van der Waals surface area (Å²) < 4.78 is 97.1. The molecule has 4 aliphatic heterocycles. The molecule has 8 rings (SSSR count). The number of unbranched alkanes of at least 4 members (excludes halogenated alkanes) is 5. The van der Waals surface area contributed by atoms with E-state index < -0.39 is 186 Å². The quantitative estimate of drug-likeness (QED) is 0.0144. The van der Waals surface area contributed by atoms with Crippen LogP contribution in [-0.4, -0.2) is 420 Å². The molecule has 4 fully saturated rings. The van der Waals surface area contributed by atoms with E-state index in [1.807, 2.05) is 4.90 Å². The molecule has 0 spiro atoms. The number of carbonyl (C=O) groups is 5. The van der Waals surface area contributed by atoms with Gasteiger partial charge >= 0.3 is 7.82 Å². The molecule has 22 atom stereocenters. The number of rotatable bonds is 61. The van der Waals surface area contributed by atoms with Gasteiger partial charge in [-0.3, -0.25) is 42.8 Å². The van der Waals surface area contributed by atoms with Crippen molar-refractivity contribution < 1.29 is 161 Å². The number of ether oxygens (including phenoxy) is 12. The molecular weight excluding hydrogens is 1700 g/mol. The molecule has 0 aromatic carbocycles. The van der Waals surface area contributed by atoms with Crippen molar-refractivity contribution in [1.82, 2.24) is 91.0 Å². The first-order chi connectivity index (χ1) is 60.5. The summed E-state index contributed by atoms with van der Waals surface area (Å²) in [6.45, 7) is 4.77. The van der Waals surface area contributed by atoms with E-state index in [1.165, 1.54) is 27.7 Å². The molecule has 0 bridgehead atoms. The lowest BCUT2D eigenvalue weighted by molar-refractivity contribution is -0.272. The number of aliphatic hydroxyl groups is 12. The summed E-state index contributed by atoms with van der Waals surface area (Å²) in [6.07, 6.45) is -10.2. The number of ketones is 1. The van der Waals surface area contributed by atoms with Crippen LogP contribution in [0.3, 0.4) is 0 Å². The Morgan fingerprint density at radius 3 is 1.02 bits per heavy atom. The molecule has 0 radical (unpaired) electrons. The van der Waals surface area contributed by atoms with Crippen LogP contribution in [0.15, 0.2) is 24.8 Å². The van der Waals surface area contributed by atoms with Crippen molar-refractivity contribution in [3.05, 3.63) is 47.6 Å². The number of nitrogens with one attached hydrogen (secondary N) is 4. The predicted octanol–water partition coefficient (Wildman–Crippen LogP) is -8.12. The molecule has 716 valence electrons. The molecule has 126 heavy (non-hydrogen) atoms. The Labute approximate surface area is 726 Å². The monoisotopic (exact) mass is 1830 g/mol. The lowest BCUT2D eigenvalue weighted by atomic mass is 9.97. The summed E-state index contributed by atoms with van der Waals surface area (Å²) in [5.74, 6) is -2.13. The second kappa shape index (κ2) is 54.7. The highest BCUT2D eigenvalue weighted by atomic mass is 31.2. The van der Waals surface area contributed by atoms with Crippen molar-refractivity contribution in [2.45, 2.75) is 266 Å². The van der Waals surface area contributed by atoms with E-state index in [9.17, 15) is 89.9 Å². The molecule has 0 aliphatic carbocycles. The van der Waals surface area contributed by atoms with Gasteiger partial charge in [-0.2, -0.15) is 0 Å². The molecule has 17 N–H and O–H groups in total. The van der Waals surface area contributed by atoms with Crippen molar-refractivity contribution in [2.75, 3.05) is 126 Å². The fraction of sp³-hybridized carbons (Fsp3) is 0.824. The summed E-state index contributed by atoms with van der Waals surface area (Å²) in [6, 6.07) is -5.34. The molecule has 0 saturated carbocycles. The lowest BCUT2D eigenvalue weighted by Gasteiger charge is -2.42. The zero-order valence-electron chi connectivity index (χ0n) is 71.4. The Morgan fingerprint density at radius 1 is 0.413 bits per heavy atom. The Morgan fingerprint density at radius 2 is 0.714 bits per heavy atom. The fourth-order valence-corrected chi connectivity index (χ4v) is 14.8. The first-order valence-electron chi connectivity index (χ1n) is 42.0. The van der Waals surface area contributed by atoms with E-state index in [4.69, 9.17) is 61.4 Å². The maximum atomic E-state index is 15.2. The van der Waals surface area contributed by atoms with Crippen LogP contribution in [0, 0.1) is 0 Å². The zero-order valence-corrected chi connectivity index (χ0v) is 72.3. The molecular formula is C74H127N18O33P. The van der Waals surface area contributed by atoms with E-state index in [0.29, 0.717) is 80.7 Å². The van der Waals surface area contributed by atoms with Crippen molar-refractivity contribution >= 4 is 37.2 Å². The second-order valence-corrected chi connectivity index (χ2v) is 32.2. The van der Waals surface area contributed by atoms with Gasteiger partial charge in [0.15, 0.2) is 25.2 Å². The molecule has 4 saturated heterocycles. The number of carbonyl (C=O) groups excluding carboxylic acids is 5. The topological polar surface area (TPSA) is 672 Å². The fourth-order valence-electron chi connectivity index (χ4n) is 14.4. The van der Waals surface area contributed by atoms with Gasteiger partial charge in [0.05, 0.1) is 167 Å². The maximum absolute atomic E-state index is 15.2. The highest BCUT2D eigenvalue weighted by Crippen LogP contribution is 2.42. The number of hydrogen-bond donors (Lipinski definition) is 17. The van der Waals surface area contributed by atoms with Crippen LogP contribution < -0.4 is 21.3 Å². The molecule has 4 aromatic heterocycles. The Hall–Kier alpha value is -6.82. The number of aromatic nitrogens is 12. The smallest absolute Gasteiger partial charge is 0.394 e. The van der Waals surface area contributed by atoms with Gasteiger partial charge in [0.25, 0.3) is 0 Å². The SMILES string of the molecule is COP(=O)(O)OCCCCCCCC(=O)[C@H](CCCCN(Cc1cn(CCOCCO[C@@H]2O[C@H](CO)[C@H](O)[C@H](O)[C@H]2NC(C)=O)nn1)Cc1cn(CCOCCO[C@@H]2O[C@H](CO)[C@H](O)[C@H](O)[C@H]2NC(C)=O)nn1)N(Cc1cn(CCOCCO[C@@H]2O[C@H](CO)[C@H](O)[C@H](O)[C@H]2NC(C)=O)nn1)Cc1cn(CCOCCO[C@@H]2O[C@H](CO)[C@H](O)[C@H](O)[C@H]2NC(C)=O)nn1. The van der Waals surface area contributed by atoms with Gasteiger partial charge in [0, 0.05) is 92.2 Å². The van der Waals surface area contributed by atoms with Gasteiger partial charge in [-0.05, 0) is 32.2 Å². The van der Waals surface area contributed by atoms with Gasteiger partial charge in [-0.25, -0.2) is 23.3 Å². The Balaban J connectivity index is 0.966. The van der Waals surface area contributed by atoms with Crippen LogP contribution in [0.2, 0.25) is 0 Å². The molecule has 52 heteroatoms. The van der Waals surface area contributed by atoms with Crippen molar-refractivity contribution in [3.63, 3.8) is 0 Å². The lowest BCUT2D eigenvalue weighted by Crippen LogP contribution is -2.64. The van der Waals surface area contributed by atoms with Gasteiger partial charge in [-0.15, -0.1) is 20.4 Å². The summed E-state index contributed by atoms with van der Waals surface area (Å²) in [7, 11) is -3.09. The Kier molecular flexibility index (Phi) is 45.4. The van der Waals surface area contributed by atoms with Crippen LogP contribution in [0.5, 0.6) is 0 Å². The number of Topliss-reactive ketones (excluding diaryl/α,β-unsaturated/α-hetero) is 1. The van der Waals surface area contributed by atoms with E-state index in [0.717, 1.165) is 7.11 Å². The Bertz CT molecular complexity index is 3660. The second-order valence-electron chi connectivity index (χ2n) is 30.7. The molecule has 51 nitrogen and oxygen atoms in total. The number of amides is 4. The van der Waals surface area contributed by atoms with Crippen molar-refractivity contribution in [1.29, 1.82) is 0 Å². The first-order valence-corrected chi connectivity index (χ1v) is 43.5. The average molecular weight is 1830 g/mol. The molecule has 8 heterocycles. The number of nitrogens with zero attached hydrogens (tertiary/aromatic N) is 14. The number of phosphoric ester groups is 1. The van der Waals surface area contributed by atoms with Gasteiger partial charge in [-0.1, -0.05) is 46.5 Å². The minimum absolute atomic E-state index is 0.00941. The first kappa shape index (κ1) is 105. The van der Waals surface area contributed by atoms with E-state index >= 15 is 4.79 Å². The van der Waals surface area contributed by atoms with Crippen LogP contribution in [0.1, 0.15) is 108 Å². The summed E-state index contributed by atoms with van der Waals surface area (Å²) in [5, 5.41) is 169. The van der Waals surface area contributed by atoms with Crippen molar-refractivity contribution in [2.24, 2.45) is 0 Å². The van der Waals surface area contributed by atoms with Crippen LogP contribution in [0.4, 0.5) is 0 Å². The van der Waals surface area contributed by atoms with Crippen LogP contribution in [-0.2, 0) is 147 Å². The third-order valence-corrected chi connectivity index (χ3v) is 21.8. The summed E-state index contributed by atoms with van der Waals surface area (Å²) in [4.78, 5) is 76.9. The standard InChI is InChI=1S/C74H127N18O33P/c1-45(97)75-59-67(106)63(102)55(41-93)122-71(59)117-29-25-113-21-16-89-37-49(79-83-89)33-87(34-50-38-90(84-80-50)17-22-114-26-30-118-72-60(76-46(2)98)68(107)64(103)56(42-94)123-72)15-11-10-13-53(54(101)14-9-7-6-8-12-20-121-126(110,111)112-5)88(35-51-39-91(85-81-51)18-23-115-27-31-119-73-61(77-47(3)99)69(108)65(104)57(43-95)124-73)36-52-40-92(86-82-52)19-24-116-28-32-120-74-62(78-48(4)100)70(109)66(105)58(44-96)125-74/h37-40,53,55-74,93-96,102-109H,6-36,41-44H2,1-5H3,(H,75,97)(H,76,98)(H,77,99)(H,78,100)(H,110,111)/t53-,55+,56+,57+,58+,59+,60+,61+,62+,63-,64-,65-,66-,67+,68+,69+,70+,71+,72+,73+,74+/m0/s1. The predicted molar refractivity (Wildman–Crippen MR) is 425 cm³/mol. The van der Waals surface area contributed by atoms with Crippen molar-refractivity contribution in [3.8, 4) is 0 Å². The minimum atomic E-state index is -4.17. The van der Waals surface area contributed by atoms with E-state index in [2.05, 4.69) is 71.9 Å². The highest BCUT2D eigenvalue weighted by Gasteiger charge is 2.49. The van der Waals surface area contributed by atoms with Crippen LogP contribution in [0.25, 0.3) is 0 Å². The number of phosphoric acid groups is 1. The minimum Gasteiger partial charge on any atom is -0.394 e. The average Bonchev–Trinajstić information content (AvgIpc) is 1.35. The zero-order chi connectivity index (χ0) is 91.2. The molecule has 1 unspecified atom stereocenters. The summed E-state index contributed by atoms with van der Waals surface area (Å²) in [5.41, 5.74) is 2.09. The highest BCUT2D eigenvalue weighted by molar-refractivity contribution is 7.47. The number of hydrogen-bond acceptors (Lipinski definition) is 42. The van der Waals surface area contributed by atoms with Crippen LogP contribution >= 0.6 is 7.82 Å². The van der Waals surface area contributed by atoms with Gasteiger partial charge < -0.3 is 144 Å². The van der Waals surface area contributed by atoms with E-state index in [1.54, 1.807) is 43.5 Å². The molecule has 4 aromatic rings. The van der Waals surface area contributed by atoms with E-state index in [-0.39, 0.29) is 150 Å². The number of aliphatic hydroxyl groups excluding tert-OH is 12. The third-order valence-electron chi connectivity index (χ3n) is 20.8. The maximum Gasteiger partial charge on any atom is 0.471 e. The molecule has 4 amide bonds. The molecule has 4 aliphatic rings. The third kappa shape index (κ3) is 34.2. The van der Waals surface area contributed by atoms with Gasteiger partial charge in [0.1, 0.15) is 103 Å². The van der Waals surface area contributed by atoms with Gasteiger partial charge in [0.2, 0.25) is 23.6 Å². The largest absolute Gasteiger partial charge is 0.471 e. The normalized spacial score (nSPS) is 27.2. The summed E-state index contributed by atoms with van der Waals surface area (Å²) >= 11 is 0.